The first kappa shape index (κ1) is 6.11. The highest BCUT2D eigenvalue weighted by Gasteiger charge is 2.18. The summed E-state index contributed by atoms with van der Waals surface area (Å²) in [4.78, 5) is 4.02. The van der Waals surface area contributed by atoms with Gasteiger partial charge in [0.25, 0.3) is 0 Å². The van der Waals surface area contributed by atoms with Gasteiger partial charge in [0.2, 0.25) is 0 Å². The van der Waals surface area contributed by atoms with E-state index in [1.54, 1.807) is 11.8 Å². The van der Waals surface area contributed by atoms with Gasteiger partial charge in [-0.15, -0.1) is 11.8 Å². The van der Waals surface area contributed by atoms with Crippen molar-refractivity contribution in [1.82, 2.24) is 0 Å². The minimum atomic E-state index is 0.153. The van der Waals surface area contributed by atoms with Crippen LogP contribution in [-0.4, -0.2) is 28.6 Å². The van der Waals surface area contributed by atoms with Crippen molar-refractivity contribution in [3.8, 4) is 0 Å². The number of rotatable bonds is 1. The van der Waals surface area contributed by atoms with Gasteiger partial charge in [0.1, 0.15) is 0 Å². The van der Waals surface area contributed by atoms with Crippen LogP contribution in [0.2, 0.25) is 0 Å². The van der Waals surface area contributed by atoms with Gasteiger partial charge in [-0.1, -0.05) is 6.92 Å². The maximum atomic E-state index is 8.61. The van der Waals surface area contributed by atoms with Crippen molar-refractivity contribution in [2.45, 2.75) is 18.2 Å². The topological polar surface area (TPSA) is 32.6 Å². The van der Waals surface area contributed by atoms with Gasteiger partial charge in [-0.05, 0) is 0 Å². The van der Waals surface area contributed by atoms with Crippen LogP contribution in [0.15, 0.2) is 4.99 Å². The van der Waals surface area contributed by atoms with Crippen LogP contribution in [-0.2, 0) is 0 Å². The normalized spacial score (nSPS) is 36.2. The highest BCUT2D eigenvalue weighted by molar-refractivity contribution is 8.12. The second-order valence-corrected chi connectivity index (χ2v) is 3.07. The average Bonchev–Trinajstić information content (AvgIpc) is 2.14. The van der Waals surface area contributed by atoms with Crippen molar-refractivity contribution in [3.05, 3.63) is 0 Å². The molecule has 0 aliphatic carbocycles. The van der Waals surface area contributed by atoms with Gasteiger partial charge in [-0.25, -0.2) is 0 Å². The van der Waals surface area contributed by atoms with Gasteiger partial charge >= 0.3 is 0 Å². The largest absolute Gasteiger partial charge is 0.394 e. The van der Waals surface area contributed by atoms with E-state index in [0.29, 0.717) is 5.25 Å². The molecule has 0 saturated heterocycles. The maximum Gasteiger partial charge on any atom is 0.0855 e. The van der Waals surface area contributed by atoms with E-state index in [4.69, 9.17) is 5.11 Å². The van der Waals surface area contributed by atoms with Crippen LogP contribution in [0.25, 0.3) is 0 Å². The molecule has 2 nitrogen and oxygen atoms in total. The molecule has 0 radical (unpaired) electrons. The van der Waals surface area contributed by atoms with Crippen LogP contribution < -0.4 is 0 Å². The Hall–Kier alpha value is -0.0200. The fraction of sp³-hybridized carbons (Fsp3) is 0.800. The summed E-state index contributed by atoms with van der Waals surface area (Å²) in [6.45, 7) is 2.25. The van der Waals surface area contributed by atoms with Crippen molar-refractivity contribution in [1.29, 1.82) is 0 Å². The van der Waals surface area contributed by atoms with Crippen LogP contribution in [0.1, 0.15) is 6.92 Å². The number of aliphatic hydroxyl groups is 1. The summed E-state index contributed by atoms with van der Waals surface area (Å²) in [6, 6.07) is 0.153. The summed E-state index contributed by atoms with van der Waals surface area (Å²) in [5, 5.41) is 9.08. The van der Waals surface area contributed by atoms with Crippen LogP contribution >= 0.6 is 11.8 Å². The predicted octanol–water partition coefficient (Wildman–Crippen LogP) is 0.511. The zero-order chi connectivity index (χ0) is 5.98. The summed E-state index contributed by atoms with van der Waals surface area (Å²) in [6.07, 6.45) is 0. The molecular weight excluding hydrogens is 122 g/mol. The highest BCUT2D eigenvalue weighted by Crippen LogP contribution is 2.20. The molecule has 0 fully saturated rings. The lowest BCUT2D eigenvalue weighted by Crippen LogP contribution is -2.17. The molecule has 1 N–H and O–H groups in total. The van der Waals surface area contributed by atoms with E-state index in [9.17, 15) is 0 Å². The zero-order valence-electron chi connectivity index (χ0n) is 4.74. The molecule has 3 heteroatoms. The molecule has 1 aliphatic rings. The molecule has 1 rings (SSSR count). The second kappa shape index (κ2) is 2.51. The summed E-state index contributed by atoms with van der Waals surface area (Å²) in [5.41, 5.74) is 1.81. The minimum Gasteiger partial charge on any atom is -0.394 e. The molecule has 1 aliphatic heterocycles. The van der Waals surface area contributed by atoms with E-state index in [-0.39, 0.29) is 12.6 Å². The van der Waals surface area contributed by atoms with Gasteiger partial charge in [-0.2, -0.15) is 0 Å². The number of hydrogen-bond donors (Lipinski definition) is 1. The molecule has 2 atom stereocenters. The lowest BCUT2D eigenvalue weighted by molar-refractivity contribution is 0.268. The Kier molecular flexibility index (Phi) is 1.91. The molecule has 0 saturated carbocycles. The Labute approximate surface area is 53.0 Å². The number of aliphatic hydroxyl groups excluding tert-OH is 1. The Morgan fingerprint density at radius 3 is 2.88 bits per heavy atom. The van der Waals surface area contributed by atoms with E-state index in [0.717, 1.165) is 0 Å². The first-order valence-corrected chi connectivity index (χ1v) is 3.57. The third kappa shape index (κ3) is 1.03. The van der Waals surface area contributed by atoms with E-state index in [1.807, 2.05) is 5.55 Å². The number of hydrogen-bond acceptors (Lipinski definition) is 3. The standard InChI is InChI=1S/C5H9NOS/c1-4-5(2-7)6-3-8-4/h3-5,7H,2H2,1H3. The van der Waals surface area contributed by atoms with Gasteiger partial charge < -0.3 is 5.11 Å². The lowest BCUT2D eigenvalue weighted by Gasteiger charge is -2.06. The molecule has 0 aromatic carbocycles. The molecule has 2 unspecified atom stereocenters. The zero-order valence-corrected chi connectivity index (χ0v) is 5.56. The van der Waals surface area contributed by atoms with Crippen molar-refractivity contribution in [2.75, 3.05) is 6.61 Å². The molecule has 0 spiro atoms. The molecule has 0 amide bonds. The van der Waals surface area contributed by atoms with Crippen molar-refractivity contribution >= 4 is 17.3 Å². The quantitative estimate of drug-likeness (QED) is 0.562. The monoisotopic (exact) mass is 131 g/mol. The van der Waals surface area contributed by atoms with E-state index in [1.165, 1.54) is 0 Å². The van der Waals surface area contributed by atoms with Crippen molar-refractivity contribution in [3.63, 3.8) is 0 Å². The van der Waals surface area contributed by atoms with Gasteiger partial charge in [-0.3, -0.25) is 4.99 Å². The molecule has 1 heterocycles. The summed E-state index contributed by atoms with van der Waals surface area (Å²) in [7, 11) is 0. The maximum absolute atomic E-state index is 8.61. The van der Waals surface area contributed by atoms with Crippen molar-refractivity contribution < 1.29 is 5.11 Å². The first-order chi connectivity index (χ1) is 3.84. The Morgan fingerprint density at radius 1 is 1.88 bits per heavy atom. The second-order valence-electron chi connectivity index (χ2n) is 1.85. The van der Waals surface area contributed by atoms with E-state index < -0.39 is 0 Å². The van der Waals surface area contributed by atoms with Crippen LogP contribution in [0.3, 0.4) is 0 Å². The molecule has 46 valence electrons. The summed E-state index contributed by atoms with van der Waals surface area (Å²) >= 11 is 1.68. The fourth-order valence-electron chi connectivity index (χ4n) is 0.617. The SMILES string of the molecule is CC1SC=NC1CO. The summed E-state index contributed by atoms with van der Waals surface area (Å²) in [5.74, 6) is 0. The highest BCUT2D eigenvalue weighted by atomic mass is 32.2. The molecule has 8 heavy (non-hydrogen) atoms. The number of nitrogens with zero attached hydrogens (tertiary/aromatic N) is 1. The van der Waals surface area contributed by atoms with Crippen LogP contribution in [0.5, 0.6) is 0 Å². The number of thioether (sulfide) groups is 1. The smallest absolute Gasteiger partial charge is 0.0855 e. The third-order valence-electron chi connectivity index (χ3n) is 1.26. The fourth-order valence-corrected chi connectivity index (χ4v) is 1.37. The average molecular weight is 131 g/mol. The van der Waals surface area contributed by atoms with E-state index in [2.05, 4.69) is 11.9 Å². The van der Waals surface area contributed by atoms with Crippen LogP contribution in [0, 0.1) is 0 Å². The summed E-state index contributed by atoms with van der Waals surface area (Å²) < 4.78 is 0. The molecular formula is C5H9NOS. The molecule has 0 aromatic heterocycles. The molecule has 0 bridgehead atoms. The molecule has 0 aromatic rings. The first-order valence-electron chi connectivity index (χ1n) is 2.62. The van der Waals surface area contributed by atoms with Gasteiger partial charge in [0.15, 0.2) is 0 Å². The minimum absolute atomic E-state index is 0.153. The predicted molar refractivity (Wildman–Crippen MR) is 36.4 cm³/mol. The third-order valence-corrected chi connectivity index (χ3v) is 2.24. The van der Waals surface area contributed by atoms with Gasteiger partial charge in [0, 0.05) is 5.25 Å². The Morgan fingerprint density at radius 2 is 2.62 bits per heavy atom. The van der Waals surface area contributed by atoms with Gasteiger partial charge in [0.05, 0.1) is 18.2 Å². The lowest BCUT2D eigenvalue weighted by atomic mass is 10.2. The Bertz CT molecular complexity index is 105. The van der Waals surface area contributed by atoms with Crippen LogP contribution in [0.4, 0.5) is 0 Å². The van der Waals surface area contributed by atoms with E-state index >= 15 is 0 Å². The Balaban J connectivity index is 2.41. The van der Waals surface area contributed by atoms with Crippen molar-refractivity contribution in [2.24, 2.45) is 4.99 Å². The number of aliphatic imine (C=N–C) groups is 1.